The Labute approximate surface area is 122 Å². The molecule has 0 spiro atoms. The molecule has 1 aliphatic rings. The SMILES string of the molecule is O=C(NC1CCCNC1=O)c1cc(Br)cc(Br)c1. The standard InChI is InChI=1S/C12H12Br2N2O2/c13-8-4-7(5-9(14)6-8)11(17)16-10-2-1-3-15-12(10)18/h4-6,10H,1-3H2,(H,15,18)(H,16,17). The van der Waals surface area contributed by atoms with Crippen LogP contribution in [0, 0.1) is 0 Å². The number of halogens is 2. The molecule has 6 heteroatoms. The van der Waals surface area contributed by atoms with Crippen LogP contribution in [0.5, 0.6) is 0 Å². The predicted molar refractivity (Wildman–Crippen MR) is 75.3 cm³/mol. The molecule has 0 saturated carbocycles. The van der Waals surface area contributed by atoms with Crippen molar-refractivity contribution in [3.05, 3.63) is 32.7 Å². The van der Waals surface area contributed by atoms with Gasteiger partial charge in [-0.05, 0) is 31.0 Å². The average Bonchev–Trinajstić information content (AvgIpc) is 2.31. The summed E-state index contributed by atoms with van der Waals surface area (Å²) in [5, 5.41) is 5.49. The Balaban J connectivity index is 2.09. The Morgan fingerprint density at radius 3 is 2.56 bits per heavy atom. The first-order chi connectivity index (χ1) is 8.56. The van der Waals surface area contributed by atoms with Gasteiger partial charge in [-0.2, -0.15) is 0 Å². The molecular weight excluding hydrogens is 364 g/mol. The number of benzene rings is 1. The summed E-state index contributed by atoms with van der Waals surface area (Å²) in [5.41, 5.74) is 0.523. The van der Waals surface area contributed by atoms with Crippen molar-refractivity contribution < 1.29 is 9.59 Å². The van der Waals surface area contributed by atoms with Crippen LogP contribution in [0.2, 0.25) is 0 Å². The fraction of sp³-hybridized carbons (Fsp3) is 0.333. The van der Waals surface area contributed by atoms with Crippen LogP contribution in [-0.4, -0.2) is 24.4 Å². The smallest absolute Gasteiger partial charge is 0.252 e. The van der Waals surface area contributed by atoms with E-state index >= 15 is 0 Å². The maximum absolute atomic E-state index is 12.0. The minimum Gasteiger partial charge on any atom is -0.354 e. The molecule has 1 aromatic rings. The molecule has 1 saturated heterocycles. The molecular formula is C12H12Br2N2O2. The zero-order chi connectivity index (χ0) is 13.1. The third-order valence-corrected chi connectivity index (χ3v) is 3.63. The van der Waals surface area contributed by atoms with E-state index in [4.69, 9.17) is 0 Å². The summed E-state index contributed by atoms with van der Waals surface area (Å²) >= 11 is 6.66. The Hall–Kier alpha value is -0.880. The van der Waals surface area contributed by atoms with Gasteiger partial charge in [0.15, 0.2) is 0 Å². The van der Waals surface area contributed by atoms with Gasteiger partial charge in [0.25, 0.3) is 5.91 Å². The molecule has 2 amide bonds. The van der Waals surface area contributed by atoms with E-state index in [2.05, 4.69) is 42.5 Å². The highest BCUT2D eigenvalue weighted by Crippen LogP contribution is 2.20. The van der Waals surface area contributed by atoms with Gasteiger partial charge in [-0.15, -0.1) is 0 Å². The number of hydrogen-bond acceptors (Lipinski definition) is 2. The molecule has 1 unspecified atom stereocenters. The summed E-state index contributed by atoms with van der Waals surface area (Å²) in [6.45, 7) is 0.688. The van der Waals surface area contributed by atoms with Crippen molar-refractivity contribution in [3.63, 3.8) is 0 Å². The largest absolute Gasteiger partial charge is 0.354 e. The van der Waals surface area contributed by atoms with Crippen LogP contribution in [0.25, 0.3) is 0 Å². The molecule has 4 nitrogen and oxygen atoms in total. The Morgan fingerprint density at radius 2 is 1.94 bits per heavy atom. The van der Waals surface area contributed by atoms with Crippen LogP contribution in [0.3, 0.4) is 0 Å². The van der Waals surface area contributed by atoms with Gasteiger partial charge in [0.1, 0.15) is 6.04 Å². The molecule has 96 valence electrons. The molecule has 18 heavy (non-hydrogen) atoms. The minimum absolute atomic E-state index is 0.108. The van der Waals surface area contributed by atoms with E-state index in [-0.39, 0.29) is 11.8 Å². The first-order valence-corrected chi connectivity index (χ1v) is 7.19. The van der Waals surface area contributed by atoms with Gasteiger partial charge in [0, 0.05) is 21.1 Å². The summed E-state index contributed by atoms with van der Waals surface area (Å²) in [6.07, 6.45) is 1.58. The van der Waals surface area contributed by atoms with Crippen LogP contribution in [0.1, 0.15) is 23.2 Å². The number of hydrogen-bond donors (Lipinski definition) is 2. The molecule has 0 bridgehead atoms. The molecule has 0 aliphatic carbocycles. The Bertz CT molecular complexity index is 471. The third-order valence-electron chi connectivity index (χ3n) is 2.72. The van der Waals surface area contributed by atoms with Gasteiger partial charge >= 0.3 is 0 Å². The van der Waals surface area contributed by atoms with Crippen molar-refractivity contribution in [1.29, 1.82) is 0 Å². The van der Waals surface area contributed by atoms with Crippen LogP contribution in [0.15, 0.2) is 27.1 Å². The van der Waals surface area contributed by atoms with Gasteiger partial charge in [-0.1, -0.05) is 31.9 Å². The highest BCUT2D eigenvalue weighted by molar-refractivity contribution is 9.11. The number of piperidine rings is 1. The van der Waals surface area contributed by atoms with Crippen molar-refractivity contribution in [2.75, 3.05) is 6.54 Å². The van der Waals surface area contributed by atoms with E-state index in [1.54, 1.807) is 12.1 Å². The maximum Gasteiger partial charge on any atom is 0.252 e. The monoisotopic (exact) mass is 374 g/mol. The lowest BCUT2D eigenvalue weighted by molar-refractivity contribution is -0.124. The first kappa shape index (κ1) is 13.5. The summed E-state index contributed by atoms with van der Waals surface area (Å²) in [7, 11) is 0. The zero-order valence-corrected chi connectivity index (χ0v) is 12.7. The lowest BCUT2D eigenvalue weighted by atomic mass is 10.1. The highest BCUT2D eigenvalue weighted by atomic mass is 79.9. The first-order valence-electron chi connectivity index (χ1n) is 5.61. The summed E-state index contributed by atoms with van der Waals surface area (Å²) in [4.78, 5) is 23.6. The molecule has 1 heterocycles. The fourth-order valence-corrected chi connectivity index (χ4v) is 3.13. The van der Waals surface area contributed by atoms with Gasteiger partial charge in [0.2, 0.25) is 5.91 Å². The minimum atomic E-state index is -0.427. The molecule has 1 aromatic carbocycles. The van der Waals surface area contributed by atoms with Crippen molar-refractivity contribution in [2.24, 2.45) is 0 Å². The average molecular weight is 376 g/mol. The second kappa shape index (κ2) is 5.84. The molecule has 1 aliphatic heterocycles. The van der Waals surface area contributed by atoms with Gasteiger partial charge in [0.05, 0.1) is 0 Å². The molecule has 2 N–H and O–H groups in total. The van der Waals surface area contributed by atoms with Crippen molar-refractivity contribution >= 4 is 43.7 Å². The molecule has 0 aromatic heterocycles. The number of rotatable bonds is 2. The van der Waals surface area contributed by atoms with Gasteiger partial charge < -0.3 is 10.6 Å². The van der Waals surface area contributed by atoms with Crippen LogP contribution >= 0.6 is 31.9 Å². The molecule has 1 atom stereocenters. The lowest BCUT2D eigenvalue weighted by Gasteiger charge is -2.22. The van der Waals surface area contributed by atoms with E-state index in [1.165, 1.54) is 0 Å². The summed E-state index contributed by atoms with van der Waals surface area (Å²) < 4.78 is 1.63. The van der Waals surface area contributed by atoms with Crippen LogP contribution in [0.4, 0.5) is 0 Å². The van der Waals surface area contributed by atoms with Crippen molar-refractivity contribution in [2.45, 2.75) is 18.9 Å². The molecule has 1 fully saturated rings. The van der Waals surface area contributed by atoms with Crippen molar-refractivity contribution in [1.82, 2.24) is 10.6 Å². The van der Waals surface area contributed by atoms with E-state index in [0.29, 0.717) is 18.5 Å². The predicted octanol–water partition coefficient (Wildman–Crippen LogP) is 2.22. The summed E-state index contributed by atoms with van der Waals surface area (Å²) in [5.74, 6) is -0.345. The molecule has 2 rings (SSSR count). The van der Waals surface area contributed by atoms with Crippen molar-refractivity contribution in [3.8, 4) is 0 Å². The quantitative estimate of drug-likeness (QED) is 0.832. The third kappa shape index (κ3) is 3.32. The highest BCUT2D eigenvalue weighted by Gasteiger charge is 2.24. The normalized spacial score (nSPS) is 19.2. The second-order valence-corrected chi connectivity index (χ2v) is 5.95. The topological polar surface area (TPSA) is 58.2 Å². The Morgan fingerprint density at radius 1 is 1.28 bits per heavy atom. The Kier molecular flexibility index (Phi) is 4.40. The van der Waals surface area contributed by atoms with E-state index in [1.807, 2.05) is 6.07 Å². The second-order valence-electron chi connectivity index (χ2n) is 4.12. The van der Waals surface area contributed by atoms with E-state index in [0.717, 1.165) is 15.4 Å². The molecule has 0 radical (unpaired) electrons. The number of carbonyl (C=O) groups is 2. The maximum atomic E-state index is 12.0. The van der Waals surface area contributed by atoms with Gasteiger partial charge in [-0.3, -0.25) is 9.59 Å². The van der Waals surface area contributed by atoms with Gasteiger partial charge in [-0.25, -0.2) is 0 Å². The number of carbonyl (C=O) groups excluding carboxylic acids is 2. The van der Waals surface area contributed by atoms with E-state index in [9.17, 15) is 9.59 Å². The van der Waals surface area contributed by atoms with Crippen LogP contribution < -0.4 is 10.6 Å². The fourth-order valence-electron chi connectivity index (χ4n) is 1.84. The lowest BCUT2D eigenvalue weighted by Crippen LogP contribution is -2.50. The zero-order valence-electron chi connectivity index (χ0n) is 9.50. The van der Waals surface area contributed by atoms with Crippen LogP contribution in [-0.2, 0) is 4.79 Å². The number of amides is 2. The van der Waals surface area contributed by atoms with E-state index < -0.39 is 6.04 Å². The number of nitrogens with one attached hydrogen (secondary N) is 2. The summed E-state index contributed by atoms with van der Waals surface area (Å²) in [6, 6.07) is 4.87.